The van der Waals surface area contributed by atoms with Crippen LogP contribution in [0.15, 0.2) is 18.2 Å². The quantitative estimate of drug-likeness (QED) is 0.780. The van der Waals surface area contributed by atoms with E-state index in [0.717, 1.165) is 18.2 Å². The molecule has 1 atom stereocenters. The van der Waals surface area contributed by atoms with Gasteiger partial charge in [0.15, 0.2) is 6.29 Å². The normalized spacial score (nSPS) is 13.2. The molecule has 1 N–H and O–H groups in total. The Labute approximate surface area is 86.2 Å². The minimum atomic E-state index is -1.23. The molecule has 0 amide bonds. The van der Waals surface area contributed by atoms with Crippen LogP contribution in [0.1, 0.15) is 11.7 Å². The van der Waals surface area contributed by atoms with Crippen LogP contribution in [0.2, 0.25) is 0 Å². The van der Waals surface area contributed by atoms with E-state index >= 15 is 0 Å². The molecule has 3 nitrogen and oxygen atoms in total. The van der Waals surface area contributed by atoms with E-state index in [1.165, 1.54) is 14.2 Å². The lowest BCUT2D eigenvalue weighted by Crippen LogP contribution is -2.22. The Balaban J connectivity index is 2.94. The predicted molar refractivity (Wildman–Crippen MR) is 49.1 cm³/mol. The molecule has 0 saturated carbocycles. The molecule has 0 spiro atoms. The summed E-state index contributed by atoms with van der Waals surface area (Å²) in [6.45, 7) is 0. The standard InChI is InChI=1S/C10H12F2O3/c1-14-10(15-2)9(13)6-3-7(11)5-8(12)4-6/h3-5,9-10,13H,1-2H3. The highest BCUT2D eigenvalue weighted by molar-refractivity contribution is 5.20. The molecule has 0 radical (unpaired) electrons. The first-order valence-corrected chi connectivity index (χ1v) is 4.28. The van der Waals surface area contributed by atoms with E-state index in [9.17, 15) is 13.9 Å². The van der Waals surface area contributed by atoms with E-state index in [1.54, 1.807) is 0 Å². The van der Waals surface area contributed by atoms with Gasteiger partial charge in [0, 0.05) is 20.3 Å². The summed E-state index contributed by atoms with van der Waals surface area (Å²) in [5, 5.41) is 9.65. The van der Waals surface area contributed by atoms with Crippen LogP contribution in [-0.2, 0) is 9.47 Å². The van der Waals surface area contributed by atoms with Crippen LogP contribution in [0.3, 0.4) is 0 Å². The third-order valence-electron chi connectivity index (χ3n) is 1.95. The van der Waals surface area contributed by atoms with Gasteiger partial charge in [0.05, 0.1) is 0 Å². The van der Waals surface area contributed by atoms with Gasteiger partial charge in [0.1, 0.15) is 17.7 Å². The average Bonchev–Trinajstić information content (AvgIpc) is 2.18. The van der Waals surface area contributed by atoms with Crippen molar-refractivity contribution in [2.45, 2.75) is 12.4 Å². The van der Waals surface area contributed by atoms with Gasteiger partial charge >= 0.3 is 0 Å². The molecule has 15 heavy (non-hydrogen) atoms. The second kappa shape index (κ2) is 5.16. The van der Waals surface area contributed by atoms with Crippen molar-refractivity contribution in [1.82, 2.24) is 0 Å². The van der Waals surface area contributed by atoms with Gasteiger partial charge in [-0.05, 0) is 17.7 Å². The third kappa shape index (κ3) is 2.95. The fourth-order valence-corrected chi connectivity index (χ4v) is 1.26. The summed E-state index contributed by atoms with van der Waals surface area (Å²) in [5.74, 6) is -1.51. The summed E-state index contributed by atoms with van der Waals surface area (Å²) >= 11 is 0. The van der Waals surface area contributed by atoms with Crippen LogP contribution in [0.4, 0.5) is 8.78 Å². The van der Waals surface area contributed by atoms with Crippen molar-refractivity contribution < 1.29 is 23.4 Å². The van der Waals surface area contributed by atoms with Gasteiger partial charge in [-0.3, -0.25) is 0 Å². The van der Waals surface area contributed by atoms with Crippen LogP contribution in [-0.4, -0.2) is 25.6 Å². The minimum Gasteiger partial charge on any atom is -0.383 e. The number of methoxy groups -OCH3 is 2. The summed E-state index contributed by atoms with van der Waals surface area (Å²) in [4.78, 5) is 0. The first-order valence-electron chi connectivity index (χ1n) is 4.28. The van der Waals surface area contributed by atoms with Gasteiger partial charge < -0.3 is 14.6 Å². The van der Waals surface area contributed by atoms with Crippen LogP contribution in [0.5, 0.6) is 0 Å². The summed E-state index contributed by atoms with van der Waals surface area (Å²) in [6.07, 6.45) is -2.18. The number of hydrogen-bond acceptors (Lipinski definition) is 3. The van der Waals surface area contributed by atoms with Crippen molar-refractivity contribution >= 4 is 0 Å². The second-order valence-corrected chi connectivity index (χ2v) is 2.99. The van der Waals surface area contributed by atoms with Crippen LogP contribution in [0, 0.1) is 11.6 Å². The monoisotopic (exact) mass is 218 g/mol. The number of hydrogen-bond donors (Lipinski definition) is 1. The van der Waals surface area contributed by atoms with E-state index in [0.29, 0.717) is 0 Å². The van der Waals surface area contributed by atoms with Gasteiger partial charge in [-0.1, -0.05) is 0 Å². The molecular formula is C10H12F2O3. The number of aliphatic hydroxyl groups is 1. The molecule has 0 aliphatic carbocycles. The molecular weight excluding hydrogens is 206 g/mol. The molecule has 5 heteroatoms. The Morgan fingerprint density at radius 3 is 1.93 bits per heavy atom. The zero-order chi connectivity index (χ0) is 11.4. The Kier molecular flexibility index (Phi) is 4.14. The van der Waals surface area contributed by atoms with E-state index < -0.39 is 24.0 Å². The zero-order valence-corrected chi connectivity index (χ0v) is 8.41. The van der Waals surface area contributed by atoms with Crippen molar-refractivity contribution in [3.8, 4) is 0 Å². The molecule has 84 valence electrons. The van der Waals surface area contributed by atoms with Gasteiger partial charge in [-0.2, -0.15) is 0 Å². The maximum Gasteiger partial charge on any atom is 0.187 e. The molecule has 0 aliphatic rings. The molecule has 1 rings (SSSR count). The van der Waals surface area contributed by atoms with Crippen LogP contribution < -0.4 is 0 Å². The third-order valence-corrected chi connectivity index (χ3v) is 1.95. The fourth-order valence-electron chi connectivity index (χ4n) is 1.26. The van der Waals surface area contributed by atoms with Crippen molar-refractivity contribution in [3.05, 3.63) is 35.4 Å². The average molecular weight is 218 g/mol. The lowest BCUT2D eigenvalue weighted by molar-refractivity contribution is -0.166. The molecule has 0 fully saturated rings. The first-order chi connectivity index (χ1) is 7.08. The largest absolute Gasteiger partial charge is 0.383 e. The summed E-state index contributed by atoms with van der Waals surface area (Å²) < 4.78 is 35.2. The second-order valence-electron chi connectivity index (χ2n) is 2.99. The maximum absolute atomic E-state index is 12.8. The van der Waals surface area contributed by atoms with Gasteiger partial charge in [0.25, 0.3) is 0 Å². The maximum atomic E-state index is 12.8. The Bertz CT molecular complexity index is 306. The van der Waals surface area contributed by atoms with Crippen molar-refractivity contribution in [2.24, 2.45) is 0 Å². The summed E-state index contributed by atoms with van der Waals surface area (Å²) in [7, 11) is 2.65. The molecule has 1 unspecified atom stereocenters. The predicted octanol–water partition coefficient (Wildman–Crippen LogP) is 1.62. The molecule has 0 aromatic heterocycles. The highest BCUT2D eigenvalue weighted by atomic mass is 19.1. The SMILES string of the molecule is COC(OC)C(O)c1cc(F)cc(F)c1. The van der Waals surface area contributed by atoms with Gasteiger partial charge in [-0.15, -0.1) is 0 Å². The zero-order valence-electron chi connectivity index (χ0n) is 8.41. The van der Waals surface area contributed by atoms with Gasteiger partial charge in [0.2, 0.25) is 0 Å². The van der Waals surface area contributed by atoms with Gasteiger partial charge in [-0.25, -0.2) is 8.78 Å². The van der Waals surface area contributed by atoms with E-state index in [4.69, 9.17) is 9.47 Å². The molecule has 0 heterocycles. The lowest BCUT2D eigenvalue weighted by atomic mass is 10.1. The lowest BCUT2D eigenvalue weighted by Gasteiger charge is -2.20. The number of halogens is 2. The molecule has 0 aliphatic heterocycles. The number of aliphatic hydroxyl groups excluding tert-OH is 1. The smallest absolute Gasteiger partial charge is 0.187 e. The Morgan fingerprint density at radius 1 is 1.07 bits per heavy atom. The Hall–Kier alpha value is -1.04. The topological polar surface area (TPSA) is 38.7 Å². The van der Waals surface area contributed by atoms with Crippen molar-refractivity contribution in [1.29, 1.82) is 0 Å². The first kappa shape index (κ1) is 12.0. The number of rotatable bonds is 4. The highest BCUT2D eigenvalue weighted by Gasteiger charge is 2.21. The Morgan fingerprint density at radius 2 is 1.53 bits per heavy atom. The van der Waals surface area contributed by atoms with Crippen molar-refractivity contribution in [2.75, 3.05) is 14.2 Å². The molecule has 0 bridgehead atoms. The number of ether oxygens (including phenoxy) is 2. The molecule has 1 aromatic rings. The summed E-state index contributed by atoms with van der Waals surface area (Å²) in [6, 6.07) is 2.78. The highest BCUT2D eigenvalue weighted by Crippen LogP contribution is 2.21. The summed E-state index contributed by atoms with van der Waals surface area (Å²) in [5.41, 5.74) is 0.0706. The molecule has 0 saturated heterocycles. The van der Waals surface area contributed by atoms with Crippen LogP contribution >= 0.6 is 0 Å². The van der Waals surface area contributed by atoms with E-state index in [1.807, 2.05) is 0 Å². The molecule has 1 aromatic carbocycles. The fraction of sp³-hybridized carbons (Fsp3) is 0.400. The van der Waals surface area contributed by atoms with E-state index in [2.05, 4.69) is 0 Å². The minimum absolute atomic E-state index is 0.0706. The van der Waals surface area contributed by atoms with E-state index in [-0.39, 0.29) is 5.56 Å². The van der Waals surface area contributed by atoms with Crippen molar-refractivity contribution in [3.63, 3.8) is 0 Å². The number of benzene rings is 1. The van der Waals surface area contributed by atoms with Crippen LogP contribution in [0.25, 0.3) is 0 Å².